The minimum Gasteiger partial charge on any atom is -0.493 e. The van der Waals surface area contributed by atoms with Gasteiger partial charge in [-0.25, -0.2) is 4.79 Å². The number of aromatic nitrogens is 1. The largest absolute Gasteiger partial charge is 0.493 e. The van der Waals surface area contributed by atoms with E-state index in [4.69, 9.17) is 9.47 Å². The zero-order chi connectivity index (χ0) is 26.3. The first kappa shape index (κ1) is 24.1. The van der Waals surface area contributed by atoms with Crippen LogP contribution in [0.25, 0.3) is 22.2 Å². The SMILES string of the molecule is COc1ccc([C@]2(C)NC(=O)N(CC(=O)c3c(-c4ccccc4)n(C)c4ccccc34)C2=O)cc1OC. The van der Waals surface area contributed by atoms with Crippen molar-refractivity contribution in [3.8, 4) is 22.8 Å². The molecule has 3 aromatic carbocycles. The normalized spacial score (nSPS) is 17.2. The Morgan fingerprint density at radius 1 is 0.919 bits per heavy atom. The number of urea groups is 1. The lowest BCUT2D eigenvalue weighted by atomic mass is 9.91. The Kier molecular flexibility index (Phi) is 5.95. The third-order valence-electron chi connectivity index (χ3n) is 6.97. The van der Waals surface area contributed by atoms with Crippen LogP contribution in [0.3, 0.4) is 0 Å². The average molecular weight is 498 g/mol. The fourth-order valence-corrected chi connectivity index (χ4v) is 5.02. The molecule has 1 atom stereocenters. The van der Waals surface area contributed by atoms with Crippen molar-refractivity contribution >= 4 is 28.6 Å². The number of ketones is 1. The van der Waals surface area contributed by atoms with Crippen LogP contribution in [-0.4, -0.2) is 48.0 Å². The predicted molar refractivity (Wildman–Crippen MR) is 140 cm³/mol. The number of para-hydroxylation sites is 1. The van der Waals surface area contributed by atoms with Crippen molar-refractivity contribution in [1.29, 1.82) is 0 Å². The van der Waals surface area contributed by atoms with Gasteiger partial charge in [-0.3, -0.25) is 14.5 Å². The first-order chi connectivity index (χ1) is 17.8. The van der Waals surface area contributed by atoms with Crippen molar-refractivity contribution in [2.75, 3.05) is 20.8 Å². The van der Waals surface area contributed by atoms with Crippen molar-refractivity contribution in [1.82, 2.24) is 14.8 Å². The lowest BCUT2D eigenvalue weighted by molar-refractivity contribution is -0.130. The van der Waals surface area contributed by atoms with Gasteiger partial charge < -0.3 is 19.4 Å². The highest BCUT2D eigenvalue weighted by Crippen LogP contribution is 2.37. The van der Waals surface area contributed by atoms with E-state index >= 15 is 0 Å². The summed E-state index contributed by atoms with van der Waals surface area (Å²) in [5.74, 6) is 0.0967. The number of ether oxygens (including phenoxy) is 2. The van der Waals surface area contributed by atoms with Crippen molar-refractivity contribution in [2.45, 2.75) is 12.5 Å². The van der Waals surface area contributed by atoms with Gasteiger partial charge in [-0.05, 0) is 36.2 Å². The number of amides is 3. The van der Waals surface area contributed by atoms with Gasteiger partial charge in [0.15, 0.2) is 17.3 Å². The molecule has 1 aliphatic heterocycles. The van der Waals surface area contributed by atoms with Gasteiger partial charge >= 0.3 is 6.03 Å². The Labute approximate surface area is 214 Å². The summed E-state index contributed by atoms with van der Waals surface area (Å²) in [5, 5.41) is 3.53. The Morgan fingerprint density at radius 3 is 2.30 bits per heavy atom. The molecule has 3 amide bonds. The molecule has 8 nitrogen and oxygen atoms in total. The summed E-state index contributed by atoms with van der Waals surface area (Å²) in [5.41, 5.74) is 2.13. The van der Waals surface area contributed by atoms with E-state index in [0.29, 0.717) is 22.6 Å². The third kappa shape index (κ3) is 3.81. The number of nitrogens with one attached hydrogen (secondary N) is 1. The maximum Gasteiger partial charge on any atom is 0.325 e. The van der Waals surface area contributed by atoms with Crippen LogP contribution in [0, 0.1) is 0 Å². The first-order valence-electron chi connectivity index (χ1n) is 11.8. The molecular formula is C29H27N3O5. The maximum absolute atomic E-state index is 13.8. The summed E-state index contributed by atoms with van der Waals surface area (Å²) in [6, 6.07) is 21.6. The quantitative estimate of drug-likeness (QED) is 0.300. The fraction of sp³-hybridized carbons (Fsp3) is 0.207. The molecule has 1 fully saturated rings. The maximum atomic E-state index is 13.8. The number of benzene rings is 3. The van der Waals surface area contributed by atoms with Crippen LogP contribution in [0.1, 0.15) is 22.8 Å². The van der Waals surface area contributed by atoms with Crippen LogP contribution in [0.4, 0.5) is 4.79 Å². The van der Waals surface area contributed by atoms with Crippen LogP contribution in [0.15, 0.2) is 72.8 Å². The van der Waals surface area contributed by atoms with E-state index in [2.05, 4.69) is 5.32 Å². The Balaban J connectivity index is 1.52. The number of fused-ring (bicyclic) bond motifs is 1. The molecule has 8 heteroatoms. The third-order valence-corrected chi connectivity index (χ3v) is 6.97. The molecule has 1 aromatic heterocycles. The molecule has 37 heavy (non-hydrogen) atoms. The second-order valence-corrected chi connectivity index (χ2v) is 9.11. The standard InChI is InChI=1S/C29H27N3O5/c1-29(19-14-15-23(36-3)24(16-19)37-4)27(34)32(28(35)30-29)17-22(33)25-20-12-8-9-13-21(20)31(2)26(25)18-10-6-5-7-11-18/h5-16H,17H2,1-4H3,(H,30,35)/t29-/m0/s1. The van der Waals surface area contributed by atoms with Gasteiger partial charge in [-0.15, -0.1) is 0 Å². The molecule has 1 aliphatic rings. The number of nitrogens with zero attached hydrogens (tertiary/aromatic N) is 2. The summed E-state index contributed by atoms with van der Waals surface area (Å²) < 4.78 is 12.6. The minimum absolute atomic E-state index is 0.323. The van der Waals surface area contributed by atoms with Gasteiger partial charge in [0.2, 0.25) is 0 Å². The fourth-order valence-electron chi connectivity index (χ4n) is 5.02. The van der Waals surface area contributed by atoms with Crippen LogP contribution < -0.4 is 14.8 Å². The minimum atomic E-state index is -1.36. The van der Waals surface area contributed by atoms with E-state index in [1.165, 1.54) is 14.2 Å². The highest BCUT2D eigenvalue weighted by molar-refractivity contribution is 6.17. The van der Waals surface area contributed by atoms with Gasteiger partial charge in [0.1, 0.15) is 5.54 Å². The molecule has 1 N–H and O–H groups in total. The van der Waals surface area contributed by atoms with Crippen molar-refractivity contribution in [3.63, 3.8) is 0 Å². The zero-order valence-corrected chi connectivity index (χ0v) is 21.1. The average Bonchev–Trinajstić information content (AvgIpc) is 3.34. The molecule has 0 unspecified atom stereocenters. The summed E-state index contributed by atoms with van der Waals surface area (Å²) >= 11 is 0. The smallest absolute Gasteiger partial charge is 0.325 e. The molecule has 5 rings (SSSR count). The molecule has 2 heterocycles. The highest BCUT2D eigenvalue weighted by atomic mass is 16.5. The molecule has 0 aliphatic carbocycles. The summed E-state index contributed by atoms with van der Waals surface area (Å²) in [6.07, 6.45) is 0. The van der Waals surface area contributed by atoms with E-state index in [9.17, 15) is 14.4 Å². The number of rotatable bonds is 7. The van der Waals surface area contributed by atoms with Crippen LogP contribution in [0.5, 0.6) is 11.5 Å². The van der Waals surface area contributed by atoms with Gasteiger partial charge in [0, 0.05) is 18.0 Å². The number of carbonyl (C=O) groups is 3. The molecule has 0 bridgehead atoms. The van der Waals surface area contributed by atoms with E-state index in [1.54, 1.807) is 25.1 Å². The number of hydrogen-bond acceptors (Lipinski definition) is 5. The summed E-state index contributed by atoms with van der Waals surface area (Å²) in [6.45, 7) is 1.23. The second-order valence-electron chi connectivity index (χ2n) is 9.11. The topological polar surface area (TPSA) is 89.9 Å². The molecule has 1 saturated heterocycles. The number of carbonyl (C=O) groups excluding carboxylic acids is 3. The van der Waals surface area contributed by atoms with Gasteiger partial charge in [0.05, 0.1) is 32.0 Å². The van der Waals surface area contributed by atoms with E-state index in [1.807, 2.05) is 66.2 Å². The van der Waals surface area contributed by atoms with Crippen LogP contribution in [-0.2, 0) is 17.4 Å². The van der Waals surface area contributed by atoms with Gasteiger partial charge in [0.25, 0.3) is 5.91 Å². The van der Waals surface area contributed by atoms with Crippen molar-refractivity contribution < 1.29 is 23.9 Å². The van der Waals surface area contributed by atoms with E-state index in [-0.39, 0.29) is 12.3 Å². The second kappa shape index (κ2) is 9.13. The van der Waals surface area contributed by atoms with Gasteiger partial charge in [-0.1, -0.05) is 54.6 Å². The Hall–Kier alpha value is -4.59. The molecule has 0 spiro atoms. The van der Waals surface area contributed by atoms with E-state index < -0.39 is 17.5 Å². The molecule has 4 aromatic rings. The molecular weight excluding hydrogens is 470 g/mol. The molecule has 0 radical (unpaired) electrons. The Morgan fingerprint density at radius 2 is 1.59 bits per heavy atom. The monoisotopic (exact) mass is 497 g/mol. The van der Waals surface area contributed by atoms with Crippen LogP contribution >= 0.6 is 0 Å². The number of methoxy groups -OCH3 is 2. The summed E-state index contributed by atoms with van der Waals surface area (Å²) in [4.78, 5) is 41.4. The zero-order valence-electron chi connectivity index (χ0n) is 21.1. The molecule has 188 valence electrons. The molecule has 0 saturated carbocycles. The number of aryl methyl sites for hydroxylation is 1. The number of Topliss-reactive ketones (excluding diaryl/α,β-unsaturated/α-hetero) is 1. The Bertz CT molecular complexity index is 1540. The van der Waals surface area contributed by atoms with Gasteiger partial charge in [-0.2, -0.15) is 0 Å². The van der Waals surface area contributed by atoms with Crippen molar-refractivity contribution in [2.24, 2.45) is 7.05 Å². The highest BCUT2D eigenvalue weighted by Gasteiger charge is 2.50. The number of imide groups is 1. The first-order valence-corrected chi connectivity index (χ1v) is 11.8. The van der Waals surface area contributed by atoms with Crippen molar-refractivity contribution in [3.05, 3.63) is 83.9 Å². The lowest BCUT2D eigenvalue weighted by Crippen LogP contribution is -2.41. The number of hydrogen-bond donors (Lipinski definition) is 1. The lowest BCUT2D eigenvalue weighted by Gasteiger charge is -2.23. The predicted octanol–water partition coefficient (Wildman–Crippen LogP) is 4.51. The summed E-state index contributed by atoms with van der Waals surface area (Å²) in [7, 11) is 4.92. The van der Waals surface area contributed by atoms with Crippen LogP contribution in [0.2, 0.25) is 0 Å². The van der Waals surface area contributed by atoms with E-state index in [0.717, 1.165) is 27.1 Å².